The topological polar surface area (TPSA) is 177 Å². The van der Waals surface area contributed by atoms with Gasteiger partial charge in [-0.05, 0) is 30.2 Å². The van der Waals surface area contributed by atoms with Gasteiger partial charge >= 0.3 is 0 Å². The van der Waals surface area contributed by atoms with Crippen LogP contribution in [0.5, 0.6) is 5.75 Å². The molecule has 1 atom stereocenters. The fourth-order valence-corrected chi connectivity index (χ4v) is 3.25. The lowest BCUT2D eigenvalue weighted by Gasteiger charge is -2.17. The van der Waals surface area contributed by atoms with Gasteiger partial charge in [0.2, 0.25) is 0 Å². The minimum absolute atomic E-state index is 0.00967. The Morgan fingerprint density at radius 3 is 2.22 bits per heavy atom. The summed E-state index contributed by atoms with van der Waals surface area (Å²) in [4.78, 5) is 46.4. The standard InChI is InChI=1S/C24H21N5O7/c1-15-3-2-4-17(9-15)14-25-27-24(32)22(10-16-5-7-21(30)8-6-16)26-23(31)18-11-19(28(33)34)13-20(12-18)29(35)36/h2-9,11-14,22,30H,10H2,1H3,(H,26,31)(H,27,32)/b25-14+. The molecule has 12 heteroatoms. The monoisotopic (exact) mass is 491 g/mol. The van der Waals surface area contributed by atoms with Crippen molar-refractivity contribution in [1.29, 1.82) is 0 Å². The van der Waals surface area contributed by atoms with Gasteiger partial charge in [-0.1, -0.05) is 42.0 Å². The zero-order valence-corrected chi connectivity index (χ0v) is 19.0. The molecule has 0 heterocycles. The normalized spacial score (nSPS) is 11.6. The third-order valence-corrected chi connectivity index (χ3v) is 5.01. The minimum atomic E-state index is -1.20. The van der Waals surface area contributed by atoms with Crippen LogP contribution < -0.4 is 10.7 Å². The molecular weight excluding hydrogens is 470 g/mol. The van der Waals surface area contributed by atoms with Crippen molar-refractivity contribution in [2.75, 3.05) is 0 Å². The second-order valence-electron chi connectivity index (χ2n) is 7.80. The van der Waals surface area contributed by atoms with Gasteiger partial charge in [0.25, 0.3) is 23.2 Å². The summed E-state index contributed by atoms with van der Waals surface area (Å²) in [5.41, 5.74) is 3.02. The molecule has 3 aromatic rings. The molecule has 0 saturated heterocycles. The maximum absolute atomic E-state index is 12.9. The average Bonchev–Trinajstić information content (AvgIpc) is 2.84. The quantitative estimate of drug-likeness (QED) is 0.234. The number of hydrogen-bond donors (Lipinski definition) is 3. The summed E-state index contributed by atoms with van der Waals surface area (Å²) >= 11 is 0. The van der Waals surface area contributed by atoms with Crippen LogP contribution in [-0.4, -0.2) is 39.0 Å². The second-order valence-corrected chi connectivity index (χ2v) is 7.80. The highest BCUT2D eigenvalue weighted by atomic mass is 16.6. The number of hydrazone groups is 1. The lowest BCUT2D eigenvalue weighted by Crippen LogP contribution is -2.46. The summed E-state index contributed by atoms with van der Waals surface area (Å²) < 4.78 is 0. The van der Waals surface area contributed by atoms with Crippen LogP contribution in [0.2, 0.25) is 0 Å². The van der Waals surface area contributed by atoms with Crippen molar-refractivity contribution >= 4 is 29.4 Å². The van der Waals surface area contributed by atoms with E-state index in [4.69, 9.17) is 0 Å². The largest absolute Gasteiger partial charge is 0.508 e. The van der Waals surface area contributed by atoms with E-state index >= 15 is 0 Å². The van der Waals surface area contributed by atoms with Crippen LogP contribution in [0.25, 0.3) is 0 Å². The van der Waals surface area contributed by atoms with Gasteiger partial charge in [0.15, 0.2) is 0 Å². The molecule has 0 bridgehead atoms. The molecule has 12 nitrogen and oxygen atoms in total. The van der Waals surface area contributed by atoms with E-state index in [0.717, 1.165) is 29.3 Å². The molecule has 0 aromatic heterocycles. The number of phenols is 1. The van der Waals surface area contributed by atoms with Crippen LogP contribution in [0.4, 0.5) is 11.4 Å². The van der Waals surface area contributed by atoms with Crippen LogP contribution in [0, 0.1) is 27.2 Å². The Balaban J connectivity index is 1.84. The third-order valence-electron chi connectivity index (χ3n) is 5.01. The number of nitrogens with zero attached hydrogens (tertiary/aromatic N) is 3. The molecule has 2 amide bonds. The average molecular weight is 491 g/mol. The van der Waals surface area contributed by atoms with Crippen LogP contribution in [0.3, 0.4) is 0 Å². The third kappa shape index (κ3) is 6.93. The van der Waals surface area contributed by atoms with Crippen LogP contribution >= 0.6 is 0 Å². The zero-order valence-electron chi connectivity index (χ0n) is 19.0. The Bertz CT molecular complexity index is 1310. The predicted molar refractivity (Wildman–Crippen MR) is 130 cm³/mol. The van der Waals surface area contributed by atoms with Crippen molar-refractivity contribution in [2.24, 2.45) is 5.10 Å². The van der Waals surface area contributed by atoms with Gasteiger partial charge < -0.3 is 10.4 Å². The molecule has 0 saturated carbocycles. The molecule has 0 spiro atoms. The molecule has 0 aliphatic heterocycles. The first-order chi connectivity index (χ1) is 17.1. The smallest absolute Gasteiger partial charge is 0.277 e. The molecular formula is C24H21N5O7. The maximum atomic E-state index is 12.9. The first-order valence-electron chi connectivity index (χ1n) is 10.5. The summed E-state index contributed by atoms with van der Waals surface area (Å²) in [6.07, 6.45) is 1.41. The van der Waals surface area contributed by atoms with Crippen LogP contribution in [-0.2, 0) is 11.2 Å². The van der Waals surface area contributed by atoms with E-state index in [1.807, 2.05) is 25.1 Å². The van der Waals surface area contributed by atoms with E-state index in [1.54, 1.807) is 18.2 Å². The number of nitro benzene ring substituents is 2. The van der Waals surface area contributed by atoms with E-state index in [-0.39, 0.29) is 17.7 Å². The van der Waals surface area contributed by atoms with Crippen LogP contribution in [0.15, 0.2) is 71.8 Å². The maximum Gasteiger partial charge on any atom is 0.277 e. The molecule has 0 aliphatic carbocycles. The van der Waals surface area contributed by atoms with Gasteiger partial charge in [-0.3, -0.25) is 29.8 Å². The molecule has 0 radical (unpaired) electrons. The molecule has 0 fully saturated rings. The lowest BCUT2D eigenvalue weighted by atomic mass is 10.0. The Morgan fingerprint density at radius 1 is 1.00 bits per heavy atom. The number of hydrogen-bond acceptors (Lipinski definition) is 8. The second kappa shape index (κ2) is 11.3. The number of phenolic OH excluding ortho intramolecular Hbond substituents is 1. The fourth-order valence-electron chi connectivity index (χ4n) is 3.25. The first-order valence-corrected chi connectivity index (χ1v) is 10.5. The number of nitrogens with one attached hydrogen (secondary N) is 2. The van der Waals surface area contributed by atoms with Gasteiger partial charge in [0.05, 0.1) is 27.7 Å². The molecule has 1 unspecified atom stereocenters. The highest BCUT2D eigenvalue weighted by Crippen LogP contribution is 2.23. The number of rotatable bonds is 9. The van der Waals surface area contributed by atoms with E-state index in [0.29, 0.717) is 5.56 Å². The number of benzene rings is 3. The van der Waals surface area contributed by atoms with Gasteiger partial charge in [0, 0.05) is 18.6 Å². The molecule has 36 heavy (non-hydrogen) atoms. The number of carbonyl (C=O) groups excluding carboxylic acids is 2. The summed E-state index contributed by atoms with van der Waals surface area (Å²) in [5, 5.41) is 38.2. The number of non-ortho nitro benzene ring substituents is 2. The molecule has 0 aliphatic rings. The fraction of sp³-hybridized carbons (Fsp3) is 0.125. The van der Waals surface area contributed by atoms with Gasteiger partial charge in [0.1, 0.15) is 11.8 Å². The van der Waals surface area contributed by atoms with Crippen LogP contribution in [0.1, 0.15) is 27.0 Å². The number of aryl methyl sites for hydroxylation is 1. The van der Waals surface area contributed by atoms with Crippen molar-refractivity contribution < 1.29 is 24.5 Å². The van der Waals surface area contributed by atoms with Crippen molar-refractivity contribution in [3.05, 3.63) is 109 Å². The van der Waals surface area contributed by atoms with Crippen molar-refractivity contribution in [1.82, 2.24) is 10.7 Å². The lowest BCUT2D eigenvalue weighted by molar-refractivity contribution is -0.394. The highest BCUT2D eigenvalue weighted by molar-refractivity contribution is 5.98. The molecule has 184 valence electrons. The first kappa shape index (κ1) is 25.5. The van der Waals surface area contributed by atoms with Gasteiger partial charge in [-0.2, -0.15) is 5.10 Å². The summed E-state index contributed by atoms with van der Waals surface area (Å²) in [6.45, 7) is 1.90. The van der Waals surface area contributed by atoms with Crippen molar-refractivity contribution in [3.8, 4) is 5.75 Å². The molecule has 3 aromatic carbocycles. The SMILES string of the molecule is Cc1cccc(/C=N/NC(=O)C(Cc2ccc(O)cc2)NC(=O)c2cc([N+](=O)[O-])cc([N+](=O)[O-])c2)c1. The Morgan fingerprint density at radius 2 is 1.64 bits per heavy atom. The van der Waals surface area contributed by atoms with Crippen molar-refractivity contribution in [2.45, 2.75) is 19.4 Å². The van der Waals surface area contributed by atoms with Gasteiger partial charge in [-0.15, -0.1) is 0 Å². The Kier molecular flexibility index (Phi) is 8.02. The highest BCUT2D eigenvalue weighted by Gasteiger charge is 2.25. The Hall–Kier alpha value is -5.13. The number of amides is 2. The molecule has 3 N–H and O–H groups in total. The summed E-state index contributed by atoms with van der Waals surface area (Å²) in [5.74, 6) is -1.61. The van der Waals surface area contributed by atoms with E-state index in [1.165, 1.54) is 18.3 Å². The van der Waals surface area contributed by atoms with Crippen molar-refractivity contribution in [3.63, 3.8) is 0 Å². The number of aromatic hydroxyl groups is 1. The number of carbonyl (C=O) groups is 2. The zero-order chi connectivity index (χ0) is 26.2. The summed E-state index contributed by atoms with van der Waals surface area (Å²) in [7, 11) is 0. The molecule has 3 rings (SSSR count). The predicted octanol–water partition coefficient (Wildman–Crippen LogP) is 3.01. The number of nitro groups is 2. The van der Waals surface area contributed by atoms with E-state index in [2.05, 4.69) is 15.8 Å². The minimum Gasteiger partial charge on any atom is -0.508 e. The van der Waals surface area contributed by atoms with E-state index < -0.39 is 39.1 Å². The summed E-state index contributed by atoms with van der Waals surface area (Å²) in [6, 6.07) is 14.6. The van der Waals surface area contributed by atoms with E-state index in [9.17, 15) is 34.9 Å². The Labute approximate surface area is 204 Å². The van der Waals surface area contributed by atoms with Gasteiger partial charge in [-0.25, -0.2) is 5.43 Å².